The first kappa shape index (κ1) is 5.02. The zero-order valence-electron chi connectivity index (χ0n) is 20.2. The number of rotatable bonds is 2. The molecule has 0 amide bonds. The monoisotopic (exact) mass is 243 g/mol. The van der Waals surface area contributed by atoms with Crippen molar-refractivity contribution in [2.24, 2.45) is 0 Å². The summed E-state index contributed by atoms with van der Waals surface area (Å²) in [4.78, 5) is -0.0267. The molecule has 1 aromatic rings. The molecule has 94 valence electrons. The quantitative estimate of drug-likeness (QED) is 0.792. The molecule has 0 radical (unpaired) electrons. The largest absolute Gasteiger partial charge is 0.379 e. The minimum absolute atomic E-state index is 0.0267. The van der Waals surface area contributed by atoms with E-state index in [4.69, 9.17) is 13.7 Å². The summed E-state index contributed by atoms with van der Waals surface area (Å²) in [7, 11) is 0. The first-order chi connectivity index (χ1) is 11.8. The fourth-order valence-electron chi connectivity index (χ4n) is 1.60. The lowest BCUT2D eigenvalue weighted by Gasteiger charge is -2.30. The van der Waals surface area contributed by atoms with Crippen molar-refractivity contribution < 1.29 is 18.4 Å². The van der Waals surface area contributed by atoms with E-state index in [-0.39, 0.29) is 10.5 Å². The highest BCUT2D eigenvalue weighted by molar-refractivity contribution is 5.32. The highest BCUT2D eigenvalue weighted by Gasteiger charge is 2.19. The van der Waals surface area contributed by atoms with Crippen LogP contribution in [-0.4, -0.2) is 31.0 Å². The molecular formula is C15H23NO. The normalized spacial score (nSPS) is 39.7. The third-order valence-electron chi connectivity index (χ3n) is 2.38. The summed E-state index contributed by atoms with van der Waals surface area (Å²) in [6, 6.07) is 6.17. The van der Waals surface area contributed by atoms with Crippen LogP contribution in [0, 0.1) is 0 Å². The Hall–Kier alpha value is -0.860. The molecule has 1 aromatic carbocycles. The number of hydrogen-bond acceptors (Lipinski definition) is 2. The van der Waals surface area contributed by atoms with Gasteiger partial charge < -0.3 is 4.74 Å². The van der Waals surface area contributed by atoms with Crippen LogP contribution in [0.25, 0.3) is 0 Å². The molecule has 1 fully saturated rings. The Balaban J connectivity index is 2.80. The molecular weight excluding hydrogens is 210 g/mol. The van der Waals surface area contributed by atoms with E-state index >= 15 is 0 Å². The van der Waals surface area contributed by atoms with E-state index in [2.05, 4.69) is 4.74 Å². The highest BCUT2D eigenvalue weighted by Crippen LogP contribution is 2.26. The Kier molecular flexibility index (Phi) is 1.53. The molecule has 0 aliphatic carbocycles. The van der Waals surface area contributed by atoms with Crippen molar-refractivity contribution in [1.29, 1.82) is 0 Å². The van der Waals surface area contributed by atoms with E-state index in [1.807, 2.05) is 20.8 Å². The van der Waals surface area contributed by atoms with Gasteiger partial charge in [0.2, 0.25) is 0 Å². The second-order valence-corrected chi connectivity index (χ2v) is 4.77. The Labute approximate surface area is 119 Å². The summed E-state index contributed by atoms with van der Waals surface area (Å²) in [6.45, 7) is -10.7. The molecule has 1 heterocycles. The maximum Gasteiger partial charge on any atom is 0.0594 e. The number of nitrogens with zero attached hydrogens (tertiary/aromatic N) is 1. The molecule has 17 heavy (non-hydrogen) atoms. The van der Waals surface area contributed by atoms with Crippen LogP contribution in [0.3, 0.4) is 0 Å². The van der Waals surface area contributed by atoms with Gasteiger partial charge in [0.25, 0.3) is 0 Å². The zero-order valence-corrected chi connectivity index (χ0v) is 10.2. The lowest BCUT2D eigenvalue weighted by Crippen LogP contribution is -2.36. The number of ether oxygens (including phenoxy) is 1. The molecule has 2 nitrogen and oxygen atoms in total. The fraction of sp³-hybridized carbons (Fsp3) is 0.600. The Morgan fingerprint density at radius 3 is 2.59 bits per heavy atom. The Morgan fingerprint density at radius 2 is 1.94 bits per heavy atom. The average Bonchev–Trinajstić information content (AvgIpc) is 2.42. The molecule has 2 heteroatoms. The minimum atomic E-state index is -3.31. The SMILES string of the molecule is [2H]C([2H])(c1ccccc1C(C)(C)C)N1C([2H])([2H])C([2H])([2H])OC([2H])([2H])C1([2H])[2H]. The molecule has 0 N–H and O–H groups in total. The molecule has 2 rings (SSSR count). The van der Waals surface area contributed by atoms with Crippen LogP contribution in [-0.2, 0) is 16.6 Å². The number of benzene rings is 1. The second-order valence-electron chi connectivity index (χ2n) is 4.77. The van der Waals surface area contributed by atoms with Gasteiger partial charge in [-0.3, -0.25) is 4.90 Å². The molecule has 0 spiro atoms. The highest BCUT2D eigenvalue weighted by atomic mass is 16.5. The first-order valence-corrected chi connectivity index (χ1v) is 5.41. The average molecular weight is 243 g/mol. The number of morpholine rings is 1. The molecule has 1 aliphatic rings. The minimum Gasteiger partial charge on any atom is -0.379 e. The zero-order chi connectivity index (χ0) is 21.3. The summed E-state index contributed by atoms with van der Waals surface area (Å²) in [5.41, 5.74) is -0.179. The van der Waals surface area contributed by atoms with Gasteiger partial charge in [-0.1, -0.05) is 45.0 Å². The van der Waals surface area contributed by atoms with Crippen molar-refractivity contribution in [1.82, 2.24) is 4.90 Å². The van der Waals surface area contributed by atoms with Gasteiger partial charge in [-0.15, -0.1) is 0 Å². The van der Waals surface area contributed by atoms with Gasteiger partial charge in [0.05, 0.1) is 18.6 Å². The predicted molar refractivity (Wildman–Crippen MR) is 71.2 cm³/mol. The summed E-state index contributed by atoms with van der Waals surface area (Å²) in [5, 5.41) is 0. The van der Waals surface area contributed by atoms with Crippen molar-refractivity contribution in [2.75, 3.05) is 26.1 Å². The molecule has 0 unspecified atom stereocenters. The van der Waals surface area contributed by atoms with Gasteiger partial charge in [-0.2, -0.15) is 0 Å². The maximum atomic E-state index is 8.57. The predicted octanol–water partition coefficient (Wildman–Crippen LogP) is 2.82. The number of hydrogen-bond donors (Lipinski definition) is 0. The van der Waals surface area contributed by atoms with E-state index in [0.29, 0.717) is 5.56 Å². The third-order valence-corrected chi connectivity index (χ3v) is 2.38. The van der Waals surface area contributed by atoms with Gasteiger partial charge in [0, 0.05) is 27.7 Å². The topological polar surface area (TPSA) is 12.5 Å². The Morgan fingerprint density at radius 1 is 1.29 bits per heavy atom. The third kappa shape index (κ3) is 3.30. The van der Waals surface area contributed by atoms with E-state index in [9.17, 15) is 0 Å². The Bertz CT molecular complexity index is 700. The van der Waals surface area contributed by atoms with Gasteiger partial charge in [0.1, 0.15) is 0 Å². The van der Waals surface area contributed by atoms with E-state index < -0.39 is 38.0 Å². The van der Waals surface area contributed by atoms with Gasteiger partial charge in [-0.25, -0.2) is 0 Å². The van der Waals surface area contributed by atoms with Gasteiger partial charge in [-0.05, 0) is 16.5 Å². The van der Waals surface area contributed by atoms with Crippen molar-refractivity contribution in [3.63, 3.8) is 0 Å². The molecule has 1 saturated heterocycles. The van der Waals surface area contributed by atoms with Crippen molar-refractivity contribution in [3.8, 4) is 0 Å². The molecule has 0 aromatic heterocycles. The van der Waals surface area contributed by atoms with Crippen LogP contribution in [0.4, 0.5) is 0 Å². The van der Waals surface area contributed by atoms with Crippen LogP contribution >= 0.6 is 0 Å². The standard InChI is InChI=1S/C15H23NO/c1-15(2,3)14-7-5-4-6-13(14)12-16-8-10-17-11-9-16/h4-7H,8-12H2,1-3H3/i8D2,9D2,10D2,11D2,12D2. The molecule has 0 saturated carbocycles. The fourth-order valence-corrected chi connectivity index (χ4v) is 1.60. The smallest absolute Gasteiger partial charge is 0.0594 e. The molecule has 0 bridgehead atoms. The van der Waals surface area contributed by atoms with Crippen molar-refractivity contribution in [2.45, 2.75) is 32.7 Å². The lowest BCUT2D eigenvalue weighted by atomic mass is 9.83. The van der Waals surface area contributed by atoms with Crippen LogP contribution < -0.4 is 0 Å². The first-order valence-electron chi connectivity index (χ1n) is 10.4. The summed E-state index contributed by atoms with van der Waals surface area (Å²) >= 11 is 0. The van der Waals surface area contributed by atoms with E-state index in [1.165, 1.54) is 12.1 Å². The molecule has 0 atom stereocenters. The van der Waals surface area contributed by atoms with Crippen LogP contribution in [0.2, 0.25) is 0 Å². The van der Waals surface area contributed by atoms with E-state index in [1.54, 1.807) is 12.1 Å². The van der Waals surface area contributed by atoms with Gasteiger partial charge >= 0.3 is 0 Å². The van der Waals surface area contributed by atoms with E-state index in [0.717, 1.165) is 0 Å². The summed E-state index contributed by atoms with van der Waals surface area (Å²) < 4.78 is 85.0. The van der Waals surface area contributed by atoms with Crippen molar-refractivity contribution in [3.05, 3.63) is 35.4 Å². The summed E-state index contributed by atoms with van der Waals surface area (Å²) in [5.74, 6) is 0. The van der Waals surface area contributed by atoms with Gasteiger partial charge in [0.15, 0.2) is 0 Å². The van der Waals surface area contributed by atoms with Crippen LogP contribution in [0.15, 0.2) is 24.3 Å². The van der Waals surface area contributed by atoms with Crippen molar-refractivity contribution >= 4 is 0 Å². The second kappa shape index (κ2) is 5.19. The van der Waals surface area contributed by atoms with Crippen LogP contribution in [0.5, 0.6) is 0 Å². The maximum absolute atomic E-state index is 8.57. The van der Waals surface area contributed by atoms with Crippen LogP contribution in [0.1, 0.15) is 45.6 Å². The molecule has 1 aliphatic heterocycles. The lowest BCUT2D eigenvalue weighted by molar-refractivity contribution is 0.0340. The summed E-state index contributed by atoms with van der Waals surface area (Å²) in [6.07, 6.45) is 0.